The first-order valence-electron chi connectivity index (χ1n) is 6.14. The smallest absolute Gasteiger partial charge is 0.373 e. The fourth-order valence-electron chi connectivity index (χ4n) is 1.73. The highest BCUT2D eigenvalue weighted by atomic mass is 19.4. The average molecular weight is 297 g/mol. The van der Waals surface area contributed by atoms with Gasteiger partial charge in [-0.25, -0.2) is 9.97 Å². The molecule has 0 aliphatic heterocycles. The number of nitrogens with zero attached hydrogens (tertiary/aromatic N) is 4. The van der Waals surface area contributed by atoms with E-state index in [-0.39, 0.29) is 11.6 Å². The fourth-order valence-corrected chi connectivity index (χ4v) is 1.73. The summed E-state index contributed by atoms with van der Waals surface area (Å²) in [6, 6.07) is 5.07. The molecule has 0 aromatic carbocycles. The average Bonchev–Trinajstić information content (AvgIpc) is 2.46. The first-order chi connectivity index (χ1) is 9.90. The highest BCUT2D eigenvalue weighted by Gasteiger charge is 2.35. The molecule has 2 rings (SSSR count). The van der Waals surface area contributed by atoms with Gasteiger partial charge in [-0.1, -0.05) is 6.07 Å². The molecule has 0 bridgehead atoms. The molecular weight excluding hydrogens is 283 g/mol. The number of rotatable bonds is 4. The highest BCUT2D eigenvalue weighted by Crippen LogP contribution is 2.29. The molecule has 0 radical (unpaired) electrons. The van der Waals surface area contributed by atoms with Crippen LogP contribution in [-0.4, -0.2) is 29.0 Å². The zero-order chi connectivity index (χ0) is 15.5. The zero-order valence-corrected chi connectivity index (χ0v) is 11.5. The van der Waals surface area contributed by atoms with Gasteiger partial charge < -0.3 is 10.2 Å². The maximum Gasteiger partial charge on any atom is 0.451 e. The van der Waals surface area contributed by atoms with Gasteiger partial charge in [0.05, 0.1) is 0 Å². The molecule has 2 heterocycles. The van der Waals surface area contributed by atoms with Gasteiger partial charge in [0.1, 0.15) is 11.6 Å². The van der Waals surface area contributed by atoms with Crippen molar-refractivity contribution in [3.63, 3.8) is 0 Å². The van der Waals surface area contributed by atoms with Gasteiger partial charge in [0, 0.05) is 39.1 Å². The number of nitrogens with one attached hydrogen (secondary N) is 1. The molecule has 0 amide bonds. The van der Waals surface area contributed by atoms with Gasteiger partial charge in [0.2, 0.25) is 5.82 Å². The first-order valence-corrected chi connectivity index (χ1v) is 6.14. The van der Waals surface area contributed by atoms with E-state index in [0.29, 0.717) is 6.54 Å². The molecule has 0 aliphatic carbocycles. The van der Waals surface area contributed by atoms with Gasteiger partial charge in [-0.15, -0.1) is 0 Å². The lowest BCUT2D eigenvalue weighted by Crippen LogP contribution is -2.21. The molecule has 0 spiro atoms. The summed E-state index contributed by atoms with van der Waals surface area (Å²) in [7, 11) is 3.17. The molecule has 0 aliphatic rings. The quantitative estimate of drug-likeness (QED) is 0.940. The van der Waals surface area contributed by atoms with E-state index in [9.17, 15) is 13.2 Å². The summed E-state index contributed by atoms with van der Waals surface area (Å²) in [6.45, 7) is 0.394. The summed E-state index contributed by atoms with van der Waals surface area (Å²) >= 11 is 0. The monoisotopic (exact) mass is 297 g/mol. The Balaban J connectivity index is 2.30. The van der Waals surface area contributed by atoms with Crippen LogP contribution in [0, 0.1) is 0 Å². The normalized spacial score (nSPS) is 11.3. The Morgan fingerprint density at radius 3 is 2.62 bits per heavy atom. The molecule has 21 heavy (non-hydrogen) atoms. The molecule has 5 nitrogen and oxygen atoms in total. The summed E-state index contributed by atoms with van der Waals surface area (Å²) in [5.74, 6) is -0.863. The summed E-state index contributed by atoms with van der Waals surface area (Å²) in [5, 5.41) is 2.61. The SMILES string of the molecule is CNc1cc(N(C)Cc2cccnc2)nc(C(F)(F)F)n1. The predicted molar refractivity (Wildman–Crippen MR) is 72.9 cm³/mol. The van der Waals surface area contributed by atoms with Gasteiger partial charge >= 0.3 is 6.18 Å². The van der Waals surface area contributed by atoms with Gasteiger partial charge in [0.15, 0.2) is 0 Å². The maximum atomic E-state index is 12.8. The van der Waals surface area contributed by atoms with Crippen LogP contribution in [0.5, 0.6) is 0 Å². The number of anilines is 2. The van der Waals surface area contributed by atoms with E-state index in [2.05, 4.69) is 20.3 Å². The van der Waals surface area contributed by atoms with E-state index < -0.39 is 12.0 Å². The van der Waals surface area contributed by atoms with Crippen LogP contribution in [0.1, 0.15) is 11.4 Å². The molecule has 1 N–H and O–H groups in total. The van der Waals surface area contributed by atoms with Crippen molar-refractivity contribution in [1.82, 2.24) is 15.0 Å². The Bertz CT molecular complexity index is 601. The second-order valence-electron chi connectivity index (χ2n) is 4.40. The molecule has 0 unspecified atom stereocenters. The molecule has 2 aromatic rings. The van der Waals surface area contributed by atoms with Crippen LogP contribution in [0.25, 0.3) is 0 Å². The fraction of sp³-hybridized carbons (Fsp3) is 0.308. The molecule has 0 atom stereocenters. The maximum absolute atomic E-state index is 12.8. The van der Waals surface area contributed by atoms with Crippen LogP contribution < -0.4 is 10.2 Å². The van der Waals surface area contributed by atoms with Gasteiger partial charge in [-0.05, 0) is 11.6 Å². The number of halogens is 3. The Hall–Kier alpha value is -2.38. The second-order valence-corrected chi connectivity index (χ2v) is 4.40. The molecule has 0 saturated heterocycles. The van der Waals surface area contributed by atoms with Crippen molar-refractivity contribution in [2.75, 3.05) is 24.3 Å². The van der Waals surface area contributed by atoms with Crippen molar-refractivity contribution in [1.29, 1.82) is 0 Å². The molecule has 0 saturated carbocycles. The van der Waals surface area contributed by atoms with Crippen molar-refractivity contribution in [3.8, 4) is 0 Å². The topological polar surface area (TPSA) is 53.9 Å². The minimum absolute atomic E-state index is 0.116. The van der Waals surface area contributed by atoms with Crippen molar-refractivity contribution < 1.29 is 13.2 Å². The van der Waals surface area contributed by atoms with E-state index in [1.807, 2.05) is 6.07 Å². The molecule has 8 heteroatoms. The summed E-state index contributed by atoms with van der Waals surface area (Å²) in [4.78, 5) is 12.6. The lowest BCUT2D eigenvalue weighted by molar-refractivity contribution is -0.144. The third kappa shape index (κ3) is 3.80. The van der Waals surface area contributed by atoms with Crippen LogP contribution in [0.15, 0.2) is 30.6 Å². The van der Waals surface area contributed by atoms with Crippen LogP contribution in [0.4, 0.5) is 24.8 Å². The summed E-state index contributed by atoms with van der Waals surface area (Å²) in [6.07, 6.45) is -1.30. The van der Waals surface area contributed by atoms with Gasteiger partial charge in [-0.2, -0.15) is 13.2 Å². The van der Waals surface area contributed by atoms with E-state index in [1.165, 1.54) is 13.1 Å². The Labute approximate surface area is 119 Å². The number of pyridine rings is 1. The predicted octanol–water partition coefficient (Wildman–Crippen LogP) is 2.57. The third-order valence-electron chi connectivity index (χ3n) is 2.76. The van der Waals surface area contributed by atoms with E-state index >= 15 is 0 Å². The summed E-state index contributed by atoms with van der Waals surface area (Å²) in [5.41, 5.74) is 0.873. The molecule has 112 valence electrons. The standard InChI is InChI=1S/C13H14F3N5/c1-17-10-6-11(20-12(19-10)13(14,15)16)21(2)8-9-4-3-5-18-7-9/h3-7H,8H2,1-2H3,(H,17,19,20). The third-order valence-corrected chi connectivity index (χ3v) is 2.76. The van der Waals surface area contributed by atoms with Crippen LogP contribution in [0.2, 0.25) is 0 Å². The van der Waals surface area contributed by atoms with E-state index in [0.717, 1.165) is 5.56 Å². The Kier molecular flexibility index (Phi) is 4.25. The van der Waals surface area contributed by atoms with Gasteiger partial charge in [-0.3, -0.25) is 4.98 Å². The number of aromatic nitrogens is 3. The van der Waals surface area contributed by atoms with Crippen molar-refractivity contribution in [2.45, 2.75) is 12.7 Å². The van der Waals surface area contributed by atoms with E-state index in [1.54, 1.807) is 30.4 Å². The van der Waals surface area contributed by atoms with Crippen molar-refractivity contribution >= 4 is 11.6 Å². The van der Waals surface area contributed by atoms with Crippen LogP contribution >= 0.6 is 0 Å². The zero-order valence-electron chi connectivity index (χ0n) is 11.5. The minimum atomic E-state index is -4.59. The Morgan fingerprint density at radius 2 is 2.05 bits per heavy atom. The number of hydrogen-bond acceptors (Lipinski definition) is 5. The molecule has 0 fully saturated rings. The van der Waals surface area contributed by atoms with Crippen molar-refractivity contribution in [2.24, 2.45) is 0 Å². The Morgan fingerprint density at radius 1 is 1.29 bits per heavy atom. The molecular formula is C13H14F3N5. The van der Waals surface area contributed by atoms with Crippen LogP contribution in [-0.2, 0) is 12.7 Å². The molecule has 2 aromatic heterocycles. The first kappa shape index (κ1) is 15.0. The second kappa shape index (κ2) is 5.94. The van der Waals surface area contributed by atoms with Crippen molar-refractivity contribution in [3.05, 3.63) is 42.0 Å². The highest BCUT2D eigenvalue weighted by molar-refractivity contribution is 5.49. The lowest BCUT2D eigenvalue weighted by atomic mass is 10.2. The largest absolute Gasteiger partial charge is 0.451 e. The van der Waals surface area contributed by atoms with Crippen LogP contribution in [0.3, 0.4) is 0 Å². The lowest BCUT2D eigenvalue weighted by Gasteiger charge is -2.20. The van der Waals surface area contributed by atoms with Gasteiger partial charge in [0.25, 0.3) is 0 Å². The summed E-state index contributed by atoms with van der Waals surface area (Å²) < 4.78 is 38.4. The number of hydrogen-bond donors (Lipinski definition) is 1. The minimum Gasteiger partial charge on any atom is -0.373 e. The number of alkyl halides is 3. The van der Waals surface area contributed by atoms with E-state index in [4.69, 9.17) is 0 Å².